The second-order valence-corrected chi connectivity index (χ2v) is 14.6. The molecule has 0 amide bonds. The van der Waals surface area contributed by atoms with E-state index in [4.69, 9.17) is 4.74 Å². The molecule has 0 saturated heterocycles. The number of rotatable bonds is 7. The topological polar surface area (TPSA) is 12.5 Å². The summed E-state index contributed by atoms with van der Waals surface area (Å²) in [6.45, 7) is 12.9. The summed E-state index contributed by atoms with van der Waals surface area (Å²) in [5, 5.41) is 0. The largest absolute Gasteiger partial charge is 0.458 e. The number of hydrogen-bond donors (Lipinski definition) is 0. The van der Waals surface area contributed by atoms with E-state index in [0.717, 1.165) is 55.9 Å². The van der Waals surface area contributed by atoms with Crippen LogP contribution in [0.5, 0.6) is 11.5 Å². The van der Waals surface area contributed by atoms with Gasteiger partial charge < -0.3 is 9.64 Å². The zero-order chi connectivity index (χ0) is 36.8. The highest BCUT2D eigenvalue weighted by molar-refractivity contribution is 6.98. The molecule has 2 aliphatic heterocycles. The van der Waals surface area contributed by atoms with E-state index >= 15 is 0 Å². The standard InChI is InChI=1S/C51H40BNO/c1-5-19-35(6-2)40-32-38(36-20-9-7-10-21-36)33-41(37-22-11-8-12-23-37)50(40)52-44-26-15-18-29-48(44)54-49-34-39(30-31-45(49)52)53-46-27-16-13-24-42(46)51(3,4)43-25-14-17-28-47(43)53/h5-34H,1-2H2,3-4H3/b35-19+. The Hall–Kier alpha value is -6.58. The quantitative estimate of drug-likeness (QED) is 0.122. The van der Waals surface area contributed by atoms with Crippen LogP contribution >= 0.6 is 0 Å². The Kier molecular flexibility index (Phi) is 8.28. The summed E-state index contributed by atoms with van der Waals surface area (Å²) >= 11 is 0. The smallest absolute Gasteiger partial charge is 0.252 e. The maximum atomic E-state index is 6.91. The van der Waals surface area contributed by atoms with Crippen LogP contribution in [-0.4, -0.2) is 6.71 Å². The van der Waals surface area contributed by atoms with Gasteiger partial charge in [-0.25, -0.2) is 0 Å². The van der Waals surface area contributed by atoms with Gasteiger partial charge in [-0.2, -0.15) is 0 Å². The fourth-order valence-electron chi connectivity index (χ4n) is 8.60. The van der Waals surface area contributed by atoms with Gasteiger partial charge in [-0.1, -0.05) is 172 Å². The molecule has 0 spiro atoms. The molecule has 0 fully saturated rings. The van der Waals surface area contributed by atoms with Crippen LogP contribution in [0.4, 0.5) is 17.1 Å². The highest BCUT2D eigenvalue weighted by Crippen LogP contribution is 2.52. The highest BCUT2D eigenvalue weighted by Gasteiger charge is 2.39. The van der Waals surface area contributed by atoms with Crippen molar-refractivity contribution in [1.29, 1.82) is 0 Å². The Morgan fingerprint density at radius 3 is 1.85 bits per heavy atom. The second-order valence-electron chi connectivity index (χ2n) is 14.6. The fourth-order valence-corrected chi connectivity index (χ4v) is 8.60. The zero-order valence-corrected chi connectivity index (χ0v) is 30.7. The molecule has 0 radical (unpaired) electrons. The first-order chi connectivity index (χ1) is 26.5. The molecule has 54 heavy (non-hydrogen) atoms. The number of benzene rings is 7. The predicted molar refractivity (Wildman–Crippen MR) is 230 cm³/mol. The maximum Gasteiger partial charge on any atom is 0.252 e. The van der Waals surface area contributed by atoms with Crippen molar-refractivity contribution in [2.75, 3.05) is 4.90 Å². The van der Waals surface area contributed by atoms with Crippen molar-refractivity contribution in [3.8, 4) is 33.8 Å². The number of ether oxygens (including phenoxy) is 1. The van der Waals surface area contributed by atoms with E-state index in [1.807, 2.05) is 12.2 Å². The van der Waals surface area contributed by atoms with Crippen LogP contribution in [-0.2, 0) is 5.41 Å². The van der Waals surface area contributed by atoms with E-state index in [-0.39, 0.29) is 12.1 Å². The van der Waals surface area contributed by atoms with Gasteiger partial charge in [0.2, 0.25) is 0 Å². The van der Waals surface area contributed by atoms with Crippen LogP contribution in [0.25, 0.3) is 27.8 Å². The maximum absolute atomic E-state index is 6.91. The van der Waals surface area contributed by atoms with Crippen LogP contribution in [0.1, 0.15) is 30.5 Å². The number of fused-ring (bicyclic) bond motifs is 4. The Morgan fingerprint density at radius 1 is 0.593 bits per heavy atom. The van der Waals surface area contributed by atoms with Crippen molar-refractivity contribution in [1.82, 2.24) is 0 Å². The molecule has 0 saturated carbocycles. The summed E-state index contributed by atoms with van der Waals surface area (Å²) in [6.07, 6.45) is 5.87. The number of hydrogen-bond acceptors (Lipinski definition) is 2. The molecule has 0 atom stereocenters. The molecule has 2 heterocycles. The lowest BCUT2D eigenvalue weighted by atomic mass is 9.34. The van der Waals surface area contributed by atoms with Gasteiger partial charge >= 0.3 is 0 Å². The van der Waals surface area contributed by atoms with Crippen LogP contribution in [0.3, 0.4) is 0 Å². The minimum Gasteiger partial charge on any atom is -0.458 e. The predicted octanol–water partition coefficient (Wildman–Crippen LogP) is 11.5. The van der Waals surface area contributed by atoms with Crippen LogP contribution in [0, 0.1) is 0 Å². The number of anilines is 3. The van der Waals surface area contributed by atoms with Crippen molar-refractivity contribution >= 4 is 45.7 Å². The van der Waals surface area contributed by atoms with Crippen LogP contribution in [0.2, 0.25) is 0 Å². The lowest BCUT2D eigenvalue weighted by Gasteiger charge is -2.42. The van der Waals surface area contributed by atoms with Gasteiger partial charge in [0.1, 0.15) is 11.5 Å². The fraction of sp³-hybridized carbons (Fsp3) is 0.0588. The summed E-state index contributed by atoms with van der Waals surface area (Å²) < 4.78 is 6.91. The molecule has 0 aromatic heterocycles. The van der Waals surface area contributed by atoms with Gasteiger partial charge in [0.05, 0.1) is 11.4 Å². The molecule has 2 nitrogen and oxygen atoms in total. The Morgan fingerprint density at radius 2 is 1.19 bits per heavy atom. The first-order valence-electron chi connectivity index (χ1n) is 18.6. The molecule has 0 aliphatic carbocycles. The monoisotopic (exact) mass is 693 g/mol. The Labute approximate surface area is 319 Å². The van der Waals surface area contributed by atoms with Gasteiger partial charge in [0.15, 0.2) is 0 Å². The molecular weight excluding hydrogens is 653 g/mol. The van der Waals surface area contributed by atoms with E-state index in [9.17, 15) is 0 Å². The van der Waals surface area contributed by atoms with E-state index in [1.165, 1.54) is 33.5 Å². The lowest BCUT2D eigenvalue weighted by molar-refractivity contribution is 0.487. The number of nitrogens with zero attached hydrogens (tertiary/aromatic N) is 1. The molecule has 0 unspecified atom stereocenters. The summed E-state index contributed by atoms with van der Waals surface area (Å²) in [4.78, 5) is 2.40. The minimum absolute atomic E-state index is 0.137. The Balaban J connectivity index is 1.31. The third kappa shape index (κ3) is 5.44. The van der Waals surface area contributed by atoms with Crippen molar-refractivity contribution in [3.05, 3.63) is 212 Å². The molecule has 0 N–H and O–H groups in total. The molecular formula is C51H40BNO. The van der Waals surface area contributed by atoms with E-state index in [1.54, 1.807) is 0 Å². The highest BCUT2D eigenvalue weighted by atomic mass is 16.5. The van der Waals surface area contributed by atoms with Crippen LogP contribution < -0.4 is 26.0 Å². The average molecular weight is 694 g/mol. The van der Waals surface area contributed by atoms with Gasteiger partial charge in [0, 0.05) is 17.2 Å². The summed E-state index contributed by atoms with van der Waals surface area (Å²) in [5.74, 6) is 1.71. The SMILES string of the molecule is C=C/C=C(\C=C)c1cc(-c2ccccc2)cc(-c2ccccc2)c1B1c2ccccc2Oc2cc(N3c4ccccc4C(C)(C)c4ccccc43)ccc21. The van der Waals surface area contributed by atoms with E-state index in [0.29, 0.717) is 0 Å². The molecule has 7 aromatic carbocycles. The minimum atomic E-state index is -0.142. The molecule has 2 aliphatic rings. The van der Waals surface area contributed by atoms with Crippen LogP contribution in [0.15, 0.2) is 195 Å². The van der Waals surface area contributed by atoms with Gasteiger partial charge in [-0.15, -0.1) is 0 Å². The molecule has 0 bridgehead atoms. The Bertz CT molecular complexity index is 2550. The molecule has 7 aromatic rings. The van der Waals surface area contributed by atoms with Crippen molar-refractivity contribution in [2.45, 2.75) is 19.3 Å². The first-order valence-corrected chi connectivity index (χ1v) is 18.6. The first kappa shape index (κ1) is 33.3. The van der Waals surface area contributed by atoms with Crippen molar-refractivity contribution < 1.29 is 4.74 Å². The molecule has 3 heteroatoms. The van der Waals surface area contributed by atoms with Crippen molar-refractivity contribution in [2.24, 2.45) is 0 Å². The summed E-state index contributed by atoms with van der Waals surface area (Å²) in [7, 11) is 0. The van der Waals surface area contributed by atoms with Crippen molar-refractivity contribution in [3.63, 3.8) is 0 Å². The summed E-state index contributed by atoms with van der Waals surface area (Å²) in [6, 6.07) is 58.9. The summed E-state index contributed by atoms with van der Waals surface area (Å²) in [5.41, 5.74) is 16.1. The normalized spacial score (nSPS) is 13.9. The second kappa shape index (κ2) is 13.4. The zero-order valence-electron chi connectivity index (χ0n) is 30.7. The third-order valence-corrected chi connectivity index (χ3v) is 11.1. The number of para-hydroxylation sites is 3. The third-order valence-electron chi connectivity index (χ3n) is 11.1. The van der Waals surface area contributed by atoms with E-state index in [2.05, 4.69) is 202 Å². The average Bonchev–Trinajstić information content (AvgIpc) is 3.22. The van der Waals surface area contributed by atoms with E-state index < -0.39 is 0 Å². The molecule has 9 rings (SSSR count). The van der Waals surface area contributed by atoms with Gasteiger partial charge in [-0.05, 0) is 91.8 Å². The molecule has 258 valence electrons. The lowest BCUT2D eigenvalue weighted by Crippen LogP contribution is -2.56. The van der Waals surface area contributed by atoms with Gasteiger partial charge in [-0.3, -0.25) is 0 Å². The number of allylic oxidation sites excluding steroid dienone is 4. The van der Waals surface area contributed by atoms with Gasteiger partial charge in [0.25, 0.3) is 6.71 Å².